The molecule has 0 bridgehead atoms. The zero-order valence-corrected chi connectivity index (χ0v) is 13.6. The fourth-order valence-corrected chi connectivity index (χ4v) is 2.65. The number of nitriles is 1. The molecule has 2 aromatic rings. The zero-order chi connectivity index (χ0) is 17.8. The van der Waals surface area contributed by atoms with Gasteiger partial charge in [-0.15, -0.1) is 0 Å². The summed E-state index contributed by atoms with van der Waals surface area (Å²) >= 11 is 0. The quantitative estimate of drug-likeness (QED) is 0.841. The Balaban J connectivity index is 1.63. The lowest BCUT2D eigenvalue weighted by Gasteiger charge is -2.19. The van der Waals surface area contributed by atoms with Gasteiger partial charge in [0.15, 0.2) is 5.76 Å². The predicted molar refractivity (Wildman–Crippen MR) is 86.0 cm³/mol. The molecule has 25 heavy (non-hydrogen) atoms. The Labute approximate surface area is 144 Å². The third kappa shape index (κ3) is 3.61. The maximum absolute atomic E-state index is 12.0. The number of likely N-dealkylation sites (tertiary alicyclic amines) is 1. The van der Waals surface area contributed by atoms with Gasteiger partial charge in [-0.2, -0.15) is 10.7 Å². The summed E-state index contributed by atoms with van der Waals surface area (Å²) in [5.41, 5.74) is 3.13. The van der Waals surface area contributed by atoms with Crippen LogP contribution in [0.1, 0.15) is 36.0 Å². The highest BCUT2D eigenvalue weighted by atomic mass is 16.7. The molecule has 1 N–H and O–H groups in total. The largest absolute Gasteiger partial charge is 0.434 e. The van der Waals surface area contributed by atoms with E-state index in [0.29, 0.717) is 23.4 Å². The van der Waals surface area contributed by atoms with Gasteiger partial charge in [0.25, 0.3) is 5.89 Å². The summed E-state index contributed by atoms with van der Waals surface area (Å²) in [5, 5.41) is 8.92. The lowest BCUT2D eigenvalue weighted by molar-refractivity contribution is 0.0388. The number of nitrogens with zero attached hydrogens (tertiary/aromatic N) is 3. The van der Waals surface area contributed by atoms with E-state index in [4.69, 9.17) is 14.5 Å². The van der Waals surface area contributed by atoms with Crippen LogP contribution in [0.25, 0.3) is 11.3 Å². The molecule has 1 atom stereocenters. The first-order chi connectivity index (χ1) is 12.1. The number of hydrogen-bond donors (Lipinski definition) is 1. The second-order valence-electron chi connectivity index (χ2n) is 5.71. The van der Waals surface area contributed by atoms with Crippen molar-refractivity contribution in [3.05, 3.63) is 41.9 Å². The van der Waals surface area contributed by atoms with E-state index in [9.17, 15) is 9.59 Å². The van der Waals surface area contributed by atoms with Crippen LogP contribution >= 0.6 is 0 Å². The number of oxazole rings is 1. The van der Waals surface area contributed by atoms with Crippen LogP contribution < -0.4 is 5.48 Å². The molecular weight excluding hydrogens is 324 g/mol. The molecule has 2 heterocycles. The van der Waals surface area contributed by atoms with E-state index in [2.05, 4.69) is 4.98 Å². The Hall–Kier alpha value is -3.34. The molecule has 2 amide bonds. The van der Waals surface area contributed by atoms with Gasteiger partial charge in [0.1, 0.15) is 0 Å². The number of aromatic nitrogens is 1. The van der Waals surface area contributed by atoms with Crippen molar-refractivity contribution >= 4 is 12.0 Å². The highest BCUT2D eigenvalue weighted by Crippen LogP contribution is 2.21. The van der Waals surface area contributed by atoms with Crippen molar-refractivity contribution in [1.29, 1.82) is 5.26 Å². The molecule has 0 saturated carbocycles. The van der Waals surface area contributed by atoms with Crippen molar-refractivity contribution in [3.8, 4) is 17.4 Å². The first kappa shape index (κ1) is 16.5. The fraction of sp³-hybridized carbons (Fsp3) is 0.294. The minimum Gasteiger partial charge on any atom is -0.432 e. The summed E-state index contributed by atoms with van der Waals surface area (Å²) in [6.45, 7) is 2.53. The normalized spacial score (nSPS) is 16.3. The Kier molecular flexibility index (Phi) is 4.66. The van der Waals surface area contributed by atoms with Crippen LogP contribution in [0.3, 0.4) is 0 Å². The Morgan fingerprint density at radius 2 is 2.32 bits per heavy atom. The molecule has 1 aliphatic heterocycles. The third-order valence-corrected chi connectivity index (χ3v) is 3.99. The van der Waals surface area contributed by atoms with Gasteiger partial charge in [-0.3, -0.25) is 4.79 Å². The SMILES string of the molecule is CC1CCCN1C(=O)ONC(=O)c1ncc(-c2cccc(C#N)c2)o1. The van der Waals surface area contributed by atoms with E-state index in [-0.39, 0.29) is 11.9 Å². The standard InChI is InChI=1S/C17H16N4O4/c1-11-4-3-7-21(11)17(23)25-20-15(22)16-19-10-14(24-16)13-6-2-5-12(8-13)9-18/h2,5-6,8,10-11H,3-4,7H2,1H3,(H,20,22). The number of carbonyl (C=O) groups excluding carboxylic acids is 2. The average molecular weight is 340 g/mol. The molecule has 1 saturated heterocycles. The molecule has 1 aromatic heterocycles. The van der Waals surface area contributed by atoms with E-state index in [1.54, 1.807) is 29.2 Å². The van der Waals surface area contributed by atoms with Crippen molar-refractivity contribution in [2.24, 2.45) is 0 Å². The smallest absolute Gasteiger partial charge is 0.432 e. The molecule has 8 heteroatoms. The monoisotopic (exact) mass is 340 g/mol. The van der Waals surface area contributed by atoms with E-state index in [1.807, 2.05) is 18.5 Å². The topological polar surface area (TPSA) is 108 Å². The lowest BCUT2D eigenvalue weighted by atomic mass is 10.1. The molecule has 3 rings (SSSR count). The number of nitrogens with one attached hydrogen (secondary N) is 1. The van der Waals surface area contributed by atoms with Gasteiger partial charge in [0, 0.05) is 18.2 Å². The van der Waals surface area contributed by atoms with Gasteiger partial charge in [-0.05, 0) is 31.9 Å². The molecule has 1 unspecified atom stereocenters. The van der Waals surface area contributed by atoms with Crippen LogP contribution in [-0.4, -0.2) is 34.5 Å². The number of benzene rings is 1. The minimum absolute atomic E-state index is 0.0881. The van der Waals surface area contributed by atoms with Crippen LogP contribution in [0.5, 0.6) is 0 Å². The second-order valence-corrected chi connectivity index (χ2v) is 5.71. The molecule has 1 fully saturated rings. The first-order valence-electron chi connectivity index (χ1n) is 7.82. The molecular formula is C17H16N4O4. The van der Waals surface area contributed by atoms with Gasteiger partial charge in [0.05, 0.1) is 17.8 Å². The predicted octanol–water partition coefficient (Wildman–Crippen LogP) is 2.48. The Morgan fingerprint density at radius 3 is 3.04 bits per heavy atom. The van der Waals surface area contributed by atoms with Crippen LogP contribution in [0.4, 0.5) is 4.79 Å². The molecule has 1 aromatic carbocycles. The van der Waals surface area contributed by atoms with E-state index >= 15 is 0 Å². The average Bonchev–Trinajstić information content (AvgIpc) is 3.28. The first-order valence-corrected chi connectivity index (χ1v) is 7.82. The number of hydrogen-bond acceptors (Lipinski definition) is 6. The number of amides is 2. The summed E-state index contributed by atoms with van der Waals surface area (Å²) in [6, 6.07) is 8.83. The summed E-state index contributed by atoms with van der Waals surface area (Å²) in [5.74, 6) is -0.663. The number of hydroxylamine groups is 1. The maximum atomic E-state index is 12.0. The van der Waals surface area contributed by atoms with Gasteiger partial charge < -0.3 is 14.2 Å². The third-order valence-electron chi connectivity index (χ3n) is 3.99. The summed E-state index contributed by atoms with van der Waals surface area (Å²) in [6.07, 6.45) is 2.59. The van der Waals surface area contributed by atoms with Crippen LogP contribution in [0.2, 0.25) is 0 Å². The zero-order valence-electron chi connectivity index (χ0n) is 13.6. The fourth-order valence-electron chi connectivity index (χ4n) is 2.65. The molecule has 1 aliphatic rings. The summed E-state index contributed by atoms with van der Waals surface area (Å²) in [7, 11) is 0. The highest BCUT2D eigenvalue weighted by molar-refractivity contribution is 5.90. The van der Waals surface area contributed by atoms with Crippen LogP contribution in [0.15, 0.2) is 34.9 Å². The molecule has 128 valence electrons. The molecule has 0 spiro atoms. The minimum atomic E-state index is -0.761. The van der Waals surface area contributed by atoms with Crippen LogP contribution in [0, 0.1) is 11.3 Å². The van der Waals surface area contributed by atoms with Crippen LogP contribution in [-0.2, 0) is 4.84 Å². The van der Waals surface area contributed by atoms with Gasteiger partial charge in [0.2, 0.25) is 0 Å². The Morgan fingerprint density at radius 1 is 1.48 bits per heavy atom. The lowest BCUT2D eigenvalue weighted by Crippen LogP contribution is -2.39. The summed E-state index contributed by atoms with van der Waals surface area (Å²) in [4.78, 5) is 34.1. The van der Waals surface area contributed by atoms with E-state index in [0.717, 1.165) is 12.8 Å². The van der Waals surface area contributed by atoms with Crippen molar-refractivity contribution in [1.82, 2.24) is 15.4 Å². The Bertz CT molecular complexity index is 839. The van der Waals surface area contributed by atoms with Gasteiger partial charge in [-0.25, -0.2) is 9.78 Å². The van der Waals surface area contributed by atoms with E-state index < -0.39 is 12.0 Å². The van der Waals surface area contributed by atoms with Crippen molar-refractivity contribution in [2.75, 3.05) is 6.54 Å². The molecule has 8 nitrogen and oxygen atoms in total. The molecule has 0 radical (unpaired) electrons. The second kappa shape index (κ2) is 7.05. The van der Waals surface area contributed by atoms with Crippen molar-refractivity contribution in [3.63, 3.8) is 0 Å². The highest BCUT2D eigenvalue weighted by Gasteiger charge is 2.27. The number of carbonyl (C=O) groups is 2. The van der Waals surface area contributed by atoms with Gasteiger partial charge >= 0.3 is 12.0 Å². The molecule has 0 aliphatic carbocycles. The number of rotatable bonds is 2. The van der Waals surface area contributed by atoms with Gasteiger partial charge in [-0.1, -0.05) is 12.1 Å². The van der Waals surface area contributed by atoms with E-state index in [1.165, 1.54) is 6.20 Å². The maximum Gasteiger partial charge on any atom is 0.434 e. The van der Waals surface area contributed by atoms with Crippen molar-refractivity contribution in [2.45, 2.75) is 25.8 Å². The summed E-state index contributed by atoms with van der Waals surface area (Å²) < 4.78 is 5.37. The van der Waals surface area contributed by atoms with Crippen molar-refractivity contribution < 1.29 is 18.8 Å².